The van der Waals surface area contributed by atoms with Gasteiger partial charge in [0.15, 0.2) is 0 Å². The number of halogens is 1. The van der Waals surface area contributed by atoms with Gasteiger partial charge in [0.25, 0.3) is 0 Å². The van der Waals surface area contributed by atoms with Crippen LogP contribution in [0.25, 0.3) is 0 Å². The van der Waals surface area contributed by atoms with Crippen molar-refractivity contribution < 1.29 is 9.47 Å². The number of nitrogen functional groups attached to an aromatic ring is 1. The van der Waals surface area contributed by atoms with E-state index in [1.807, 2.05) is 30.3 Å². The summed E-state index contributed by atoms with van der Waals surface area (Å²) >= 11 is 6.01. The molecule has 2 aromatic carbocycles. The summed E-state index contributed by atoms with van der Waals surface area (Å²) in [5.41, 5.74) is 7.35. The molecule has 94 valence electrons. The maximum atomic E-state index is 6.01. The topological polar surface area (TPSA) is 44.5 Å². The molecule has 2 rings (SSSR count). The number of rotatable bonds is 4. The Morgan fingerprint density at radius 1 is 1.17 bits per heavy atom. The first kappa shape index (κ1) is 12.6. The Morgan fingerprint density at radius 2 is 1.94 bits per heavy atom. The highest BCUT2D eigenvalue weighted by Gasteiger charge is 2.03. The maximum Gasteiger partial charge on any atom is 0.138 e. The molecule has 0 fully saturated rings. The number of hydrogen-bond acceptors (Lipinski definition) is 3. The Kier molecular flexibility index (Phi) is 3.95. The molecule has 0 amide bonds. The molecular weight excluding hydrogens is 250 g/mol. The van der Waals surface area contributed by atoms with E-state index in [1.165, 1.54) is 0 Å². The van der Waals surface area contributed by atoms with E-state index >= 15 is 0 Å². The fraction of sp³-hybridized carbons (Fsp3) is 0.143. The predicted molar refractivity (Wildman–Crippen MR) is 73.2 cm³/mol. The third kappa shape index (κ3) is 3.08. The summed E-state index contributed by atoms with van der Waals surface area (Å²) in [6, 6.07) is 12.8. The van der Waals surface area contributed by atoms with Crippen LogP contribution in [0.1, 0.15) is 5.56 Å². The number of anilines is 1. The van der Waals surface area contributed by atoms with Gasteiger partial charge in [0, 0.05) is 11.8 Å². The van der Waals surface area contributed by atoms with Crippen LogP contribution in [-0.4, -0.2) is 7.11 Å². The lowest BCUT2D eigenvalue weighted by Crippen LogP contribution is -1.98. The predicted octanol–water partition coefficient (Wildman–Crippen LogP) is 3.51. The first-order chi connectivity index (χ1) is 8.69. The van der Waals surface area contributed by atoms with Gasteiger partial charge in [-0.3, -0.25) is 0 Å². The molecule has 0 aliphatic rings. The van der Waals surface area contributed by atoms with Crippen LogP contribution in [-0.2, 0) is 6.61 Å². The molecule has 0 heterocycles. The number of benzene rings is 2. The molecular formula is C14H14ClNO2. The number of hydrogen-bond donors (Lipinski definition) is 1. The number of ether oxygens (including phenoxy) is 2. The van der Waals surface area contributed by atoms with Crippen molar-refractivity contribution in [3.8, 4) is 11.5 Å². The third-order valence-electron chi connectivity index (χ3n) is 2.46. The first-order valence-corrected chi connectivity index (χ1v) is 5.87. The van der Waals surface area contributed by atoms with Crippen LogP contribution < -0.4 is 15.2 Å². The van der Waals surface area contributed by atoms with E-state index in [9.17, 15) is 0 Å². The smallest absolute Gasteiger partial charge is 0.138 e. The van der Waals surface area contributed by atoms with Gasteiger partial charge in [0.1, 0.15) is 18.1 Å². The van der Waals surface area contributed by atoms with Gasteiger partial charge < -0.3 is 15.2 Å². The van der Waals surface area contributed by atoms with Gasteiger partial charge in [-0.2, -0.15) is 0 Å². The molecule has 0 spiro atoms. The Hall–Kier alpha value is -1.87. The molecule has 0 unspecified atom stereocenters. The molecule has 0 aliphatic heterocycles. The highest BCUT2D eigenvalue weighted by molar-refractivity contribution is 6.32. The van der Waals surface area contributed by atoms with Crippen LogP contribution >= 0.6 is 11.6 Å². The Balaban J connectivity index is 2.11. The monoisotopic (exact) mass is 263 g/mol. The summed E-state index contributed by atoms with van der Waals surface area (Å²) in [5.74, 6) is 1.37. The molecule has 3 nitrogen and oxygen atoms in total. The van der Waals surface area contributed by atoms with Crippen molar-refractivity contribution in [3.05, 3.63) is 53.1 Å². The van der Waals surface area contributed by atoms with Gasteiger partial charge in [-0.15, -0.1) is 0 Å². The normalized spacial score (nSPS) is 10.1. The quantitative estimate of drug-likeness (QED) is 0.859. The average Bonchev–Trinajstić information content (AvgIpc) is 2.37. The van der Waals surface area contributed by atoms with Crippen LogP contribution in [0, 0.1) is 0 Å². The summed E-state index contributed by atoms with van der Waals surface area (Å²) in [6.07, 6.45) is 0. The van der Waals surface area contributed by atoms with Crippen molar-refractivity contribution >= 4 is 17.3 Å². The minimum Gasteiger partial charge on any atom is -0.497 e. The Bertz CT molecular complexity index is 543. The van der Waals surface area contributed by atoms with Crippen molar-refractivity contribution in [2.45, 2.75) is 6.61 Å². The van der Waals surface area contributed by atoms with Crippen LogP contribution in [0.3, 0.4) is 0 Å². The summed E-state index contributed by atoms with van der Waals surface area (Å²) < 4.78 is 10.8. The molecule has 4 heteroatoms. The average molecular weight is 264 g/mol. The zero-order valence-electron chi connectivity index (χ0n) is 10.0. The molecule has 0 radical (unpaired) electrons. The molecule has 0 saturated heterocycles. The second-order valence-electron chi connectivity index (χ2n) is 3.83. The number of para-hydroxylation sites is 1. The maximum absolute atomic E-state index is 6.01. The third-order valence-corrected chi connectivity index (χ3v) is 2.77. The van der Waals surface area contributed by atoms with Gasteiger partial charge >= 0.3 is 0 Å². The van der Waals surface area contributed by atoms with Gasteiger partial charge in [-0.05, 0) is 29.8 Å². The molecule has 0 aromatic heterocycles. The second-order valence-corrected chi connectivity index (χ2v) is 4.24. The van der Waals surface area contributed by atoms with E-state index in [4.69, 9.17) is 26.8 Å². The zero-order valence-corrected chi connectivity index (χ0v) is 10.8. The van der Waals surface area contributed by atoms with Crippen LogP contribution in [0.4, 0.5) is 5.69 Å². The lowest BCUT2D eigenvalue weighted by Gasteiger charge is -2.09. The fourth-order valence-corrected chi connectivity index (χ4v) is 1.80. The Labute approximate surface area is 111 Å². The molecule has 0 saturated carbocycles. The van der Waals surface area contributed by atoms with Gasteiger partial charge in [0.05, 0.1) is 12.1 Å². The van der Waals surface area contributed by atoms with Crippen molar-refractivity contribution in [1.82, 2.24) is 0 Å². The fourth-order valence-electron chi connectivity index (χ4n) is 1.61. The van der Waals surface area contributed by atoms with Crippen molar-refractivity contribution in [3.63, 3.8) is 0 Å². The van der Waals surface area contributed by atoms with Crippen LogP contribution in [0.15, 0.2) is 42.5 Å². The summed E-state index contributed by atoms with van der Waals surface area (Å²) in [7, 11) is 1.60. The van der Waals surface area contributed by atoms with Gasteiger partial charge in [-0.1, -0.05) is 23.7 Å². The van der Waals surface area contributed by atoms with Crippen LogP contribution in [0.5, 0.6) is 11.5 Å². The molecule has 0 atom stereocenters. The lowest BCUT2D eigenvalue weighted by molar-refractivity contribution is 0.305. The first-order valence-electron chi connectivity index (χ1n) is 5.50. The summed E-state index contributed by atoms with van der Waals surface area (Å²) in [6.45, 7) is 0.394. The van der Waals surface area contributed by atoms with E-state index in [0.717, 1.165) is 5.56 Å². The van der Waals surface area contributed by atoms with E-state index in [1.54, 1.807) is 19.2 Å². The minimum atomic E-state index is 0.394. The van der Waals surface area contributed by atoms with E-state index in [-0.39, 0.29) is 0 Å². The summed E-state index contributed by atoms with van der Waals surface area (Å²) in [4.78, 5) is 0. The van der Waals surface area contributed by atoms with E-state index in [0.29, 0.717) is 28.8 Å². The molecule has 0 aliphatic carbocycles. The largest absolute Gasteiger partial charge is 0.497 e. The van der Waals surface area contributed by atoms with Gasteiger partial charge in [-0.25, -0.2) is 0 Å². The standard InChI is InChI=1S/C14H14ClNO2/c1-17-12-7-10(6-11(16)8-12)9-18-14-5-3-2-4-13(14)15/h2-8H,9,16H2,1H3. The second kappa shape index (κ2) is 5.65. The lowest BCUT2D eigenvalue weighted by atomic mass is 10.2. The van der Waals surface area contributed by atoms with Crippen molar-refractivity contribution in [2.24, 2.45) is 0 Å². The SMILES string of the molecule is COc1cc(N)cc(COc2ccccc2Cl)c1. The van der Waals surface area contributed by atoms with Gasteiger partial charge in [0.2, 0.25) is 0 Å². The van der Waals surface area contributed by atoms with Crippen molar-refractivity contribution in [2.75, 3.05) is 12.8 Å². The number of methoxy groups -OCH3 is 1. The highest BCUT2D eigenvalue weighted by Crippen LogP contribution is 2.25. The zero-order chi connectivity index (χ0) is 13.0. The molecule has 0 bridgehead atoms. The van der Waals surface area contributed by atoms with E-state index in [2.05, 4.69) is 0 Å². The Morgan fingerprint density at radius 3 is 2.67 bits per heavy atom. The minimum absolute atomic E-state index is 0.394. The summed E-state index contributed by atoms with van der Waals surface area (Å²) in [5, 5.41) is 0.591. The number of nitrogens with two attached hydrogens (primary N) is 1. The van der Waals surface area contributed by atoms with E-state index < -0.39 is 0 Å². The van der Waals surface area contributed by atoms with Crippen LogP contribution in [0.2, 0.25) is 5.02 Å². The molecule has 18 heavy (non-hydrogen) atoms. The molecule has 2 N–H and O–H groups in total. The molecule has 2 aromatic rings. The highest BCUT2D eigenvalue weighted by atomic mass is 35.5. The van der Waals surface area contributed by atoms with Crippen molar-refractivity contribution in [1.29, 1.82) is 0 Å².